The fraction of sp³-hybridized carbons (Fsp3) is 0.900. The summed E-state index contributed by atoms with van der Waals surface area (Å²) >= 11 is 0. The molecule has 0 radical (unpaired) electrons. The van der Waals surface area contributed by atoms with Crippen molar-refractivity contribution in [3.63, 3.8) is 0 Å². The lowest BCUT2D eigenvalue weighted by molar-refractivity contribution is 0.225. The SMILES string of the molecule is CCN(CC)C(=O)S(C)(O)CC1CC1. The minimum Gasteiger partial charge on any atom is -0.343 e. The van der Waals surface area contributed by atoms with Gasteiger partial charge >= 0.3 is 0 Å². The Kier molecular flexibility index (Phi) is 3.84. The van der Waals surface area contributed by atoms with Gasteiger partial charge in [0, 0.05) is 18.8 Å². The standard InChI is InChI=1S/C10H21NO2S/c1-4-11(5-2)10(12)14(3,13)8-9-6-7-9/h9,13H,4-8H2,1-3H3. The van der Waals surface area contributed by atoms with Crippen LogP contribution in [0.3, 0.4) is 0 Å². The van der Waals surface area contributed by atoms with Crippen LogP contribution >= 0.6 is 10.3 Å². The highest BCUT2D eigenvalue weighted by atomic mass is 32.3. The van der Waals surface area contributed by atoms with Crippen LogP contribution in [0.2, 0.25) is 0 Å². The molecule has 1 atom stereocenters. The van der Waals surface area contributed by atoms with Crippen LogP contribution in [0.5, 0.6) is 0 Å². The maximum Gasteiger partial charge on any atom is 0.286 e. The number of nitrogens with zero attached hydrogens (tertiary/aromatic N) is 1. The zero-order valence-corrected chi connectivity index (χ0v) is 10.1. The first-order chi connectivity index (χ1) is 6.51. The average molecular weight is 219 g/mol. The summed E-state index contributed by atoms with van der Waals surface area (Å²) in [6, 6.07) is 0. The van der Waals surface area contributed by atoms with Gasteiger partial charge in [0.1, 0.15) is 0 Å². The fourth-order valence-corrected chi connectivity index (χ4v) is 3.78. The van der Waals surface area contributed by atoms with E-state index < -0.39 is 10.3 Å². The van der Waals surface area contributed by atoms with Crippen LogP contribution in [0.25, 0.3) is 0 Å². The van der Waals surface area contributed by atoms with E-state index in [0.717, 1.165) is 0 Å². The Hall–Kier alpha value is -0.220. The van der Waals surface area contributed by atoms with E-state index >= 15 is 0 Å². The molecule has 1 amide bonds. The van der Waals surface area contributed by atoms with Gasteiger partial charge in [-0.1, -0.05) is 10.3 Å². The summed E-state index contributed by atoms with van der Waals surface area (Å²) in [4.78, 5) is 13.6. The Bertz CT molecular complexity index is 210. The molecule has 0 heterocycles. The summed E-state index contributed by atoms with van der Waals surface area (Å²) in [6.45, 7) is 5.30. The smallest absolute Gasteiger partial charge is 0.286 e. The molecular formula is C10H21NO2S. The number of carbonyl (C=O) groups excluding carboxylic acids is 1. The van der Waals surface area contributed by atoms with Gasteiger partial charge in [0.2, 0.25) is 0 Å². The minimum absolute atomic E-state index is 0.0330. The van der Waals surface area contributed by atoms with Gasteiger partial charge in [0.25, 0.3) is 5.24 Å². The quantitative estimate of drug-likeness (QED) is 0.790. The molecule has 0 aliphatic heterocycles. The summed E-state index contributed by atoms with van der Waals surface area (Å²) in [7, 11) is -2.03. The van der Waals surface area contributed by atoms with Crippen molar-refractivity contribution in [2.24, 2.45) is 5.92 Å². The van der Waals surface area contributed by atoms with Gasteiger partial charge in [0.15, 0.2) is 0 Å². The molecule has 1 N–H and O–H groups in total. The van der Waals surface area contributed by atoms with Crippen LogP contribution < -0.4 is 0 Å². The first-order valence-corrected chi connectivity index (χ1v) is 7.45. The molecule has 4 heteroatoms. The van der Waals surface area contributed by atoms with Gasteiger partial charge in [-0.2, -0.15) is 0 Å². The third-order valence-electron chi connectivity index (χ3n) is 2.65. The largest absolute Gasteiger partial charge is 0.343 e. The Morgan fingerprint density at radius 3 is 2.29 bits per heavy atom. The lowest BCUT2D eigenvalue weighted by Gasteiger charge is -2.33. The molecule has 1 saturated carbocycles. The molecule has 0 aromatic carbocycles. The third-order valence-corrected chi connectivity index (χ3v) is 4.79. The van der Waals surface area contributed by atoms with Crippen LogP contribution in [0.4, 0.5) is 4.79 Å². The van der Waals surface area contributed by atoms with Crippen molar-refractivity contribution in [3.8, 4) is 0 Å². The molecule has 0 aromatic heterocycles. The summed E-state index contributed by atoms with van der Waals surface area (Å²) in [6.07, 6.45) is 4.11. The topological polar surface area (TPSA) is 40.5 Å². The normalized spacial score (nSPS) is 22.6. The molecule has 1 aliphatic carbocycles. The Morgan fingerprint density at radius 1 is 1.43 bits per heavy atom. The third kappa shape index (κ3) is 2.89. The molecule has 0 bridgehead atoms. The summed E-state index contributed by atoms with van der Waals surface area (Å²) in [5.74, 6) is 1.32. The zero-order valence-electron chi connectivity index (χ0n) is 9.32. The molecule has 1 fully saturated rings. The highest BCUT2D eigenvalue weighted by molar-refractivity contribution is 8.40. The van der Waals surface area contributed by atoms with Crippen LogP contribution in [0.15, 0.2) is 0 Å². The molecule has 3 nitrogen and oxygen atoms in total. The second-order valence-electron chi connectivity index (χ2n) is 4.09. The van der Waals surface area contributed by atoms with E-state index in [1.165, 1.54) is 12.8 Å². The number of hydrogen-bond acceptors (Lipinski definition) is 2. The van der Waals surface area contributed by atoms with Crippen molar-refractivity contribution in [1.82, 2.24) is 4.90 Å². The predicted molar refractivity (Wildman–Crippen MR) is 62.1 cm³/mol. The van der Waals surface area contributed by atoms with E-state index in [1.807, 2.05) is 13.8 Å². The second kappa shape index (κ2) is 4.53. The van der Waals surface area contributed by atoms with Crippen molar-refractivity contribution in [2.45, 2.75) is 26.7 Å². The Balaban J connectivity index is 2.54. The van der Waals surface area contributed by atoms with Crippen LogP contribution in [0, 0.1) is 5.92 Å². The van der Waals surface area contributed by atoms with Crippen molar-refractivity contribution in [2.75, 3.05) is 25.1 Å². The highest BCUT2D eigenvalue weighted by Gasteiger charge is 2.35. The number of hydrogen-bond donors (Lipinski definition) is 1. The first-order valence-electron chi connectivity index (χ1n) is 5.28. The van der Waals surface area contributed by atoms with Crippen molar-refractivity contribution in [1.29, 1.82) is 0 Å². The van der Waals surface area contributed by atoms with Gasteiger partial charge in [-0.25, -0.2) is 0 Å². The highest BCUT2D eigenvalue weighted by Crippen LogP contribution is 2.49. The number of rotatable bonds is 4. The Morgan fingerprint density at radius 2 is 1.93 bits per heavy atom. The van der Waals surface area contributed by atoms with Crippen molar-refractivity contribution in [3.05, 3.63) is 0 Å². The van der Waals surface area contributed by atoms with Gasteiger partial charge in [-0.05, 0) is 38.9 Å². The van der Waals surface area contributed by atoms with E-state index in [0.29, 0.717) is 24.8 Å². The molecule has 1 aliphatic rings. The zero-order chi connectivity index (χ0) is 10.8. The lowest BCUT2D eigenvalue weighted by Crippen LogP contribution is -2.34. The lowest BCUT2D eigenvalue weighted by atomic mass is 10.5. The van der Waals surface area contributed by atoms with E-state index in [9.17, 15) is 9.35 Å². The van der Waals surface area contributed by atoms with Crippen LogP contribution in [-0.2, 0) is 0 Å². The molecule has 0 aromatic rings. The van der Waals surface area contributed by atoms with Gasteiger partial charge in [-0.3, -0.25) is 4.79 Å². The maximum absolute atomic E-state index is 11.9. The Labute approximate surface area is 88.0 Å². The van der Waals surface area contributed by atoms with Crippen LogP contribution in [-0.4, -0.2) is 39.8 Å². The molecular weight excluding hydrogens is 198 g/mol. The molecule has 1 unspecified atom stereocenters. The number of amides is 1. The number of carbonyl (C=O) groups is 1. The van der Waals surface area contributed by atoms with Gasteiger partial charge < -0.3 is 9.45 Å². The van der Waals surface area contributed by atoms with E-state index in [4.69, 9.17) is 0 Å². The molecule has 1 rings (SSSR count). The van der Waals surface area contributed by atoms with E-state index in [-0.39, 0.29) is 5.24 Å². The average Bonchev–Trinajstić information content (AvgIpc) is 2.89. The monoisotopic (exact) mass is 219 g/mol. The van der Waals surface area contributed by atoms with Crippen LogP contribution in [0.1, 0.15) is 26.7 Å². The van der Waals surface area contributed by atoms with E-state index in [1.54, 1.807) is 11.2 Å². The summed E-state index contributed by atoms with van der Waals surface area (Å²) in [5, 5.41) is -0.0330. The van der Waals surface area contributed by atoms with Crippen molar-refractivity contribution < 1.29 is 9.35 Å². The van der Waals surface area contributed by atoms with Gasteiger partial charge in [-0.15, -0.1) is 0 Å². The predicted octanol–water partition coefficient (Wildman–Crippen LogP) is 2.77. The maximum atomic E-state index is 11.9. The summed E-state index contributed by atoms with van der Waals surface area (Å²) < 4.78 is 10.1. The van der Waals surface area contributed by atoms with E-state index in [2.05, 4.69) is 0 Å². The molecule has 14 heavy (non-hydrogen) atoms. The molecule has 0 spiro atoms. The molecule has 0 saturated heterocycles. The fourth-order valence-electron chi connectivity index (χ4n) is 1.57. The minimum atomic E-state index is -2.03. The summed E-state index contributed by atoms with van der Waals surface area (Å²) in [5.41, 5.74) is 0. The molecule has 84 valence electrons. The first kappa shape index (κ1) is 11.9. The second-order valence-corrected chi connectivity index (χ2v) is 6.85. The van der Waals surface area contributed by atoms with Gasteiger partial charge in [0.05, 0.1) is 0 Å². The van der Waals surface area contributed by atoms with Crippen molar-refractivity contribution >= 4 is 15.5 Å².